The van der Waals surface area contributed by atoms with Crippen molar-refractivity contribution >= 4 is 21.8 Å². The Balaban J connectivity index is 2.11. The summed E-state index contributed by atoms with van der Waals surface area (Å²) in [5, 5.41) is 4.21. The van der Waals surface area contributed by atoms with E-state index in [-0.39, 0.29) is 11.3 Å². The minimum absolute atomic E-state index is 0.0753. The number of unbranched alkanes of at least 4 members (excludes halogenated alkanes) is 3. The van der Waals surface area contributed by atoms with Crippen LogP contribution < -0.4 is 5.32 Å². The molecule has 1 rings (SSSR count). The number of hydrogen-bond acceptors (Lipinski definition) is 1. The first-order chi connectivity index (χ1) is 8.19. The Morgan fingerprint density at radius 3 is 2.41 bits per heavy atom. The van der Waals surface area contributed by atoms with Gasteiger partial charge in [0.1, 0.15) is 0 Å². The van der Waals surface area contributed by atoms with E-state index in [9.17, 15) is 4.79 Å². The summed E-state index contributed by atoms with van der Waals surface area (Å²) in [6, 6.07) is 0. The van der Waals surface area contributed by atoms with Crippen molar-refractivity contribution in [2.24, 2.45) is 5.41 Å². The van der Waals surface area contributed by atoms with Gasteiger partial charge in [0, 0.05) is 17.3 Å². The highest BCUT2D eigenvalue weighted by atomic mass is 79.9. The van der Waals surface area contributed by atoms with Crippen LogP contribution in [0.1, 0.15) is 64.7 Å². The summed E-state index contributed by atoms with van der Waals surface area (Å²) >= 11 is 3.43. The molecule has 2 nitrogen and oxygen atoms in total. The van der Waals surface area contributed by atoms with Gasteiger partial charge < -0.3 is 5.32 Å². The molecule has 1 N–H and O–H groups in total. The molecule has 0 aromatic carbocycles. The minimum Gasteiger partial charge on any atom is -0.356 e. The number of hydrogen-bond donors (Lipinski definition) is 1. The fourth-order valence-electron chi connectivity index (χ4n) is 2.55. The second-order valence-corrected chi connectivity index (χ2v) is 6.27. The SMILES string of the molecule is CC1(C(=O)NCCCCCCBr)CCCCC1. The van der Waals surface area contributed by atoms with Crippen molar-refractivity contribution in [1.29, 1.82) is 0 Å². The molecule has 1 aliphatic carbocycles. The van der Waals surface area contributed by atoms with Crippen LogP contribution in [0.4, 0.5) is 0 Å². The highest BCUT2D eigenvalue weighted by Crippen LogP contribution is 2.35. The summed E-state index contributed by atoms with van der Waals surface area (Å²) in [6.07, 6.45) is 10.7. The largest absolute Gasteiger partial charge is 0.356 e. The Labute approximate surface area is 114 Å². The van der Waals surface area contributed by atoms with Gasteiger partial charge in [-0.25, -0.2) is 0 Å². The first-order valence-corrected chi connectivity index (χ1v) is 8.15. The van der Waals surface area contributed by atoms with Gasteiger partial charge in [-0.1, -0.05) is 55.0 Å². The van der Waals surface area contributed by atoms with Gasteiger partial charge in [-0.2, -0.15) is 0 Å². The van der Waals surface area contributed by atoms with E-state index < -0.39 is 0 Å². The molecule has 17 heavy (non-hydrogen) atoms. The Bertz CT molecular complexity index is 224. The highest BCUT2D eigenvalue weighted by Gasteiger charge is 2.33. The molecule has 0 aliphatic heterocycles. The van der Waals surface area contributed by atoms with E-state index >= 15 is 0 Å². The zero-order valence-corrected chi connectivity index (χ0v) is 12.7. The molecular weight excluding hydrogens is 278 g/mol. The Kier molecular flexibility index (Phi) is 7.17. The quantitative estimate of drug-likeness (QED) is 0.558. The molecule has 3 heteroatoms. The zero-order chi connectivity index (χ0) is 12.6. The number of amides is 1. The van der Waals surface area contributed by atoms with E-state index in [1.165, 1.54) is 38.5 Å². The monoisotopic (exact) mass is 303 g/mol. The normalized spacial score (nSPS) is 18.9. The van der Waals surface area contributed by atoms with Crippen LogP contribution in [0.15, 0.2) is 0 Å². The van der Waals surface area contributed by atoms with E-state index in [0.29, 0.717) is 0 Å². The average molecular weight is 304 g/mol. The second-order valence-electron chi connectivity index (χ2n) is 5.48. The number of rotatable bonds is 7. The van der Waals surface area contributed by atoms with Gasteiger partial charge in [0.25, 0.3) is 0 Å². The van der Waals surface area contributed by atoms with Crippen molar-refractivity contribution in [3.8, 4) is 0 Å². The van der Waals surface area contributed by atoms with Crippen molar-refractivity contribution in [3.63, 3.8) is 0 Å². The van der Waals surface area contributed by atoms with E-state index in [1.807, 2.05) is 0 Å². The van der Waals surface area contributed by atoms with Crippen LogP contribution in [0, 0.1) is 5.41 Å². The number of carbonyl (C=O) groups excluding carboxylic acids is 1. The summed E-state index contributed by atoms with van der Waals surface area (Å²) in [7, 11) is 0. The summed E-state index contributed by atoms with van der Waals surface area (Å²) in [5.74, 6) is 0.290. The average Bonchev–Trinajstić information content (AvgIpc) is 2.34. The molecule has 0 heterocycles. The molecule has 0 bridgehead atoms. The molecule has 0 saturated heterocycles. The van der Waals surface area contributed by atoms with Gasteiger partial charge in [0.15, 0.2) is 0 Å². The van der Waals surface area contributed by atoms with Gasteiger partial charge in [-0.15, -0.1) is 0 Å². The number of nitrogens with one attached hydrogen (secondary N) is 1. The first-order valence-electron chi connectivity index (χ1n) is 7.03. The van der Waals surface area contributed by atoms with Crippen molar-refractivity contribution in [1.82, 2.24) is 5.32 Å². The highest BCUT2D eigenvalue weighted by molar-refractivity contribution is 9.09. The van der Waals surface area contributed by atoms with Gasteiger partial charge in [0.05, 0.1) is 0 Å². The molecule has 100 valence electrons. The fraction of sp³-hybridized carbons (Fsp3) is 0.929. The molecule has 0 aromatic heterocycles. The summed E-state index contributed by atoms with van der Waals surface area (Å²) in [4.78, 5) is 12.1. The molecule has 0 atom stereocenters. The summed E-state index contributed by atoms with van der Waals surface area (Å²) < 4.78 is 0. The lowest BCUT2D eigenvalue weighted by Crippen LogP contribution is -2.40. The third-order valence-corrected chi connectivity index (χ3v) is 4.41. The molecule has 1 amide bonds. The van der Waals surface area contributed by atoms with Crippen molar-refractivity contribution in [2.45, 2.75) is 64.7 Å². The summed E-state index contributed by atoms with van der Waals surface area (Å²) in [5.41, 5.74) is -0.0753. The maximum atomic E-state index is 12.1. The molecule has 0 spiro atoms. The van der Waals surface area contributed by atoms with Gasteiger partial charge in [-0.05, 0) is 25.7 Å². The third-order valence-electron chi connectivity index (χ3n) is 3.85. The van der Waals surface area contributed by atoms with E-state index in [4.69, 9.17) is 0 Å². The van der Waals surface area contributed by atoms with Crippen LogP contribution in [-0.2, 0) is 4.79 Å². The predicted molar refractivity (Wildman–Crippen MR) is 76.5 cm³/mol. The van der Waals surface area contributed by atoms with Crippen LogP contribution in [0.5, 0.6) is 0 Å². The van der Waals surface area contributed by atoms with Crippen LogP contribution in [0.2, 0.25) is 0 Å². The van der Waals surface area contributed by atoms with Crippen LogP contribution >= 0.6 is 15.9 Å². The molecule has 1 fully saturated rings. The molecule has 0 aromatic rings. The van der Waals surface area contributed by atoms with Crippen molar-refractivity contribution < 1.29 is 4.79 Å². The molecular formula is C14H26BrNO. The topological polar surface area (TPSA) is 29.1 Å². The van der Waals surface area contributed by atoms with Gasteiger partial charge in [0.2, 0.25) is 5.91 Å². The molecule has 1 aliphatic rings. The number of halogens is 1. The lowest BCUT2D eigenvalue weighted by Gasteiger charge is -2.32. The number of carbonyl (C=O) groups is 1. The van der Waals surface area contributed by atoms with Crippen molar-refractivity contribution in [3.05, 3.63) is 0 Å². The van der Waals surface area contributed by atoms with Crippen LogP contribution in [0.25, 0.3) is 0 Å². The van der Waals surface area contributed by atoms with E-state index in [2.05, 4.69) is 28.2 Å². The standard InChI is InChI=1S/C14H26BrNO/c1-14(9-5-4-6-10-14)13(17)16-12-8-3-2-7-11-15/h2-12H2,1H3,(H,16,17). The molecule has 1 saturated carbocycles. The van der Waals surface area contributed by atoms with E-state index in [1.54, 1.807) is 0 Å². The maximum absolute atomic E-state index is 12.1. The lowest BCUT2D eigenvalue weighted by atomic mass is 9.75. The Hall–Kier alpha value is -0.0500. The smallest absolute Gasteiger partial charge is 0.225 e. The summed E-state index contributed by atoms with van der Waals surface area (Å²) in [6.45, 7) is 2.99. The maximum Gasteiger partial charge on any atom is 0.225 e. The number of alkyl halides is 1. The second kappa shape index (κ2) is 8.12. The fourth-order valence-corrected chi connectivity index (χ4v) is 2.94. The van der Waals surface area contributed by atoms with E-state index in [0.717, 1.165) is 31.1 Å². The lowest BCUT2D eigenvalue weighted by molar-refractivity contribution is -0.131. The van der Waals surface area contributed by atoms with Gasteiger partial charge >= 0.3 is 0 Å². The van der Waals surface area contributed by atoms with Gasteiger partial charge in [-0.3, -0.25) is 4.79 Å². The first kappa shape index (κ1) is 15.0. The van der Waals surface area contributed by atoms with Crippen LogP contribution in [-0.4, -0.2) is 17.8 Å². The van der Waals surface area contributed by atoms with Crippen molar-refractivity contribution in [2.75, 3.05) is 11.9 Å². The minimum atomic E-state index is -0.0753. The molecule has 0 radical (unpaired) electrons. The third kappa shape index (κ3) is 5.41. The Morgan fingerprint density at radius 1 is 1.12 bits per heavy atom. The predicted octanol–water partition coefficient (Wildman–Crippen LogP) is 4.03. The Morgan fingerprint density at radius 2 is 1.76 bits per heavy atom. The molecule has 0 unspecified atom stereocenters. The van der Waals surface area contributed by atoms with Crippen LogP contribution in [0.3, 0.4) is 0 Å². The zero-order valence-electron chi connectivity index (χ0n) is 11.1.